The van der Waals surface area contributed by atoms with Crippen molar-refractivity contribution < 1.29 is 4.74 Å². The summed E-state index contributed by atoms with van der Waals surface area (Å²) in [7, 11) is 0. The zero-order valence-corrected chi connectivity index (χ0v) is 13.2. The SMILES string of the molecule is CCCc1nc(N2CCCOc3ccccc32)sc1CN. The molecule has 1 aliphatic rings. The molecule has 0 saturated heterocycles. The van der Waals surface area contributed by atoms with Gasteiger partial charge in [0.2, 0.25) is 0 Å². The number of benzene rings is 1. The van der Waals surface area contributed by atoms with Gasteiger partial charge < -0.3 is 15.4 Å². The summed E-state index contributed by atoms with van der Waals surface area (Å²) in [6, 6.07) is 8.19. The monoisotopic (exact) mass is 303 g/mol. The number of hydrogen-bond acceptors (Lipinski definition) is 5. The minimum absolute atomic E-state index is 0.568. The van der Waals surface area contributed by atoms with E-state index in [1.165, 1.54) is 4.88 Å². The van der Waals surface area contributed by atoms with E-state index in [2.05, 4.69) is 17.9 Å². The van der Waals surface area contributed by atoms with Crippen LogP contribution < -0.4 is 15.4 Å². The highest BCUT2D eigenvalue weighted by molar-refractivity contribution is 7.15. The van der Waals surface area contributed by atoms with Gasteiger partial charge in [-0.3, -0.25) is 0 Å². The van der Waals surface area contributed by atoms with E-state index in [1.54, 1.807) is 11.3 Å². The van der Waals surface area contributed by atoms with Gasteiger partial charge in [0.25, 0.3) is 0 Å². The van der Waals surface area contributed by atoms with Crippen molar-refractivity contribution in [3.63, 3.8) is 0 Å². The molecule has 5 heteroatoms. The highest BCUT2D eigenvalue weighted by Gasteiger charge is 2.21. The summed E-state index contributed by atoms with van der Waals surface area (Å²) in [5.74, 6) is 0.941. The normalized spacial score (nSPS) is 14.5. The maximum Gasteiger partial charge on any atom is 0.190 e. The van der Waals surface area contributed by atoms with Crippen molar-refractivity contribution in [1.82, 2.24) is 4.98 Å². The van der Waals surface area contributed by atoms with Crippen molar-refractivity contribution in [2.24, 2.45) is 5.73 Å². The Balaban J connectivity index is 1.99. The van der Waals surface area contributed by atoms with Crippen LogP contribution in [0.1, 0.15) is 30.3 Å². The van der Waals surface area contributed by atoms with Gasteiger partial charge in [-0.25, -0.2) is 4.98 Å². The Bertz CT molecular complexity index is 611. The largest absolute Gasteiger partial charge is 0.491 e. The fourth-order valence-electron chi connectivity index (χ4n) is 2.60. The van der Waals surface area contributed by atoms with Gasteiger partial charge >= 0.3 is 0 Å². The molecule has 0 atom stereocenters. The maximum atomic E-state index is 5.88. The van der Waals surface area contributed by atoms with Gasteiger partial charge in [0.1, 0.15) is 5.75 Å². The number of anilines is 2. The van der Waals surface area contributed by atoms with Crippen LogP contribution in [0.15, 0.2) is 24.3 Å². The molecule has 2 N–H and O–H groups in total. The van der Waals surface area contributed by atoms with Gasteiger partial charge in [-0.2, -0.15) is 0 Å². The average Bonchev–Trinajstić information content (AvgIpc) is 2.78. The lowest BCUT2D eigenvalue weighted by Crippen LogP contribution is -2.17. The van der Waals surface area contributed by atoms with Gasteiger partial charge in [-0.05, 0) is 25.0 Å². The molecule has 0 amide bonds. The second-order valence-electron chi connectivity index (χ2n) is 5.14. The summed E-state index contributed by atoms with van der Waals surface area (Å²) in [6.07, 6.45) is 3.08. The number of nitrogens with two attached hydrogens (primary N) is 1. The van der Waals surface area contributed by atoms with Crippen LogP contribution >= 0.6 is 11.3 Å². The topological polar surface area (TPSA) is 51.4 Å². The van der Waals surface area contributed by atoms with E-state index in [0.717, 1.165) is 54.7 Å². The number of nitrogens with zero attached hydrogens (tertiary/aromatic N) is 2. The maximum absolute atomic E-state index is 5.88. The Morgan fingerprint density at radius 2 is 2.24 bits per heavy atom. The number of para-hydroxylation sites is 2. The zero-order valence-electron chi connectivity index (χ0n) is 12.3. The summed E-state index contributed by atoms with van der Waals surface area (Å²) in [4.78, 5) is 8.32. The molecule has 2 heterocycles. The zero-order chi connectivity index (χ0) is 14.7. The van der Waals surface area contributed by atoms with Crippen LogP contribution in [-0.2, 0) is 13.0 Å². The van der Waals surface area contributed by atoms with Crippen molar-refractivity contribution in [1.29, 1.82) is 0 Å². The molecule has 0 bridgehead atoms. The molecular weight excluding hydrogens is 282 g/mol. The van der Waals surface area contributed by atoms with E-state index in [4.69, 9.17) is 15.5 Å². The standard InChI is InChI=1S/C16H21N3OS/c1-2-6-12-15(11-17)21-16(18-12)19-9-5-10-20-14-8-4-3-7-13(14)19/h3-4,7-8H,2,5-6,9-11,17H2,1H3. The van der Waals surface area contributed by atoms with Crippen LogP contribution in [0.3, 0.4) is 0 Å². The Kier molecular flexibility index (Phi) is 4.41. The van der Waals surface area contributed by atoms with Crippen LogP contribution in [0.2, 0.25) is 0 Å². The third kappa shape index (κ3) is 2.89. The molecule has 2 aromatic rings. The number of hydrogen-bond donors (Lipinski definition) is 1. The quantitative estimate of drug-likeness (QED) is 0.939. The minimum Gasteiger partial charge on any atom is -0.491 e. The lowest BCUT2D eigenvalue weighted by molar-refractivity contribution is 0.322. The van der Waals surface area contributed by atoms with Crippen molar-refractivity contribution in [2.75, 3.05) is 18.1 Å². The number of rotatable bonds is 4. The molecule has 0 saturated carbocycles. The van der Waals surface area contributed by atoms with E-state index in [-0.39, 0.29) is 0 Å². The molecule has 1 aromatic carbocycles. The molecule has 0 unspecified atom stereocenters. The first-order chi connectivity index (χ1) is 10.3. The molecule has 21 heavy (non-hydrogen) atoms. The molecule has 0 fully saturated rings. The molecule has 0 spiro atoms. The van der Waals surface area contributed by atoms with Gasteiger partial charge in [0.15, 0.2) is 5.13 Å². The molecule has 1 aliphatic heterocycles. The summed E-state index contributed by atoms with van der Waals surface area (Å²) >= 11 is 1.71. The summed E-state index contributed by atoms with van der Waals surface area (Å²) in [5, 5.41) is 1.04. The van der Waals surface area contributed by atoms with E-state index in [9.17, 15) is 0 Å². The van der Waals surface area contributed by atoms with Crippen molar-refractivity contribution >= 4 is 22.2 Å². The Morgan fingerprint density at radius 3 is 3.05 bits per heavy atom. The third-order valence-corrected chi connectivity index (χ3v) is 4.75. The summed E-state index contributed by atoms with van der Waals surface area (Å²) in [6.45, 7) is 4.43. The predicted octanol–water partition coefficient (Wildman–Crippen LogP) is 3.47. The predicted molar refractivity (Wildman–Crippen MR) is 87.6 cm³/mol. The molecule has 0 radical (unpaired) electrons. The Labute approximate surface area is 129 Å². The lowest BCUT2D eigenvalue weighted by Gasteiger charge is -2.20. The van der Waals surface area contributed by atoms with Crippen LogP contribution in [0, 0.1) is 0 Å². The van der Waals surface area contributed by atoms with E-state index < -0.39 is 0 Å². The van der Waals surface area contributed by atoms with Crippen molar-refractivity contribution in [3.05, 3.63) is 34.8 Å². The molecule has 1 aromatic heterocycles. The smallest absolute Gasteiger partial charge is 0.190 e. The highest BCUT2D eigenvalue weighted by Crippen LogP contribution is 2.38. The summed E-state index contributed by atoms with van der Waals surface area (Å²) < 4.78 is 5.82. The first-order valence-corrected chi connectivity index (χ1v) is 8.33. The minimum atomic E-state index is 0.568. The van der Waals surface area contributed by atoms with Crippen LogP contribution in [-0.4, -0.2) is 18.1 Å². The van der Waals surface area contributed by atoms with Crippen LogP contribution in [0.25, 0.3) is 0 Å². The Morgan fingerprint density at radius 1 is 1.38 bits per heavy atom. The molecular formula is C16H21N3OS. The fourth-order valence-corrected chi connectivity index (χ4v) is 3.63. The number of fused-ring (bicyclic) bond motifs is 1. The van der Waals surface area contributed by atoms with Gasteiger partial charge in [-0.15, -0.1) is 0 Å². The number of thiazole rings is 1. The molecule has 0 aliphatic carbocycles. The number of aromatic nitrogens is 1. The second-order valence-corrected chi connectivity index (χ2v) is 6.20. The molecule has 112 valence electrons. The highest BCUT2D eigenvalue weighted by atomic mass is 32.1. The summed E-state index contributed by atoms with van der Waals surface area (Å²) in [5.41, 5.74) is 8.14. The number of aryl methyl sites for hydroxylation is 1. The van der Waals surface area contributed by atoms with Crippen molar-refractivity contribution in [2.45, 2.75) is 32.7 Å². The average molecular weight is 303 g/mol. The Hall–Kier alpha value is -1.59. The fraction of sp³-hybridized carbons (Fsp3) is 0.438. The van der Waals surface area contributed by atoms with E-state index in [1.807, 2.05) is 18.2 Å². The third-order valence-electron chi connectivity index (χ3n) is 3.61. The van der Waals surface area contributed by atoms with E-state index in [0.29, 0.717) is 6.54 Å². The molecule has 4 nitrogen and oxygen atoms in total. The number of ether oxygens (including phenoxy) is 1. The van der Waals surface area contributed by atoms with Crippen LogP contribution in [0.4, 0.5) is 10.8 Å². The van der Waals surface area contributed by atoms with Gasteiger partial charge in [0, 0.05) is 18.0 Å². The first kappa shape index (κ1) is 14.4. The first-order valence-electron chi connectivity index (χ1n) is 7.51. The van der Waals surface area contributed by atoms with Crippen molar-refractivity contribution in [3.8, 4) is 5.75 Å². The molecule has 3 rings (SSSR count). The lowest BCUT2D eigenvalue weighted by atomic mass is 10.2. The van der Waals surface area contributed by atoms with Gasteiger partial charge in [-0.1, -0.05) is 36.8 Å². The van der Waals surface area contributed by atoms with Gasteiger partial charge in [0.05, 0.1) is 18.0 Å². The second kappa shape index (κ2) is 6.45. The van der Waals surface area contributed by atoms with E-state index >= 15 is 0 Å². The van der Waals surface area contributed by atoms with Crippen LogP contribution in [0.5, 0.6) is 5.75 Å².